The summed E-state index contributed by atoms with van der Waals surface area (Å²) in [4.78, 5) is 0. The summed E-state index contributed by atoms with van der Waals surface area (Å²) >= 11 is 0. The average molecular weight is 220 g/mol. The van der Waals surface area contributed by atoms with E-state index in [1.807, 2.05) is 18.2 Å². The average Bonchev–Trinajstić information content (AvgIpc) is 2.35. The minimum Gasteiger partial charge on any atom is -0.435 e. The van der Waals surface area contributed by atoms with Gasteiger partial charge in [0.15, 0.2) is 0 Å². The van der Waals surface area contributed by atoms with Crippen LogP contribution in [0.2, 0.25) is 0 Å². The van der Waals surface area contributed by atoms with Crippen LogP contribution < -0.4 is 0 Å². The first kappa shape index (κ1) is 13.3. The smallest absolute Gasteiger partial charge is 0.258 e. The highest BCUT2D eigenvalue weighted by molar-refractivity contribution is 5.98. The highest BCUT2D eigenvalue weighted by Gasteiger charge is 2.08. The SMILES string of the molecule is BOC(COCCCCC)c1ccccc1. The minimum absolute atomic E-state index is 0.0582. The van der Waals surface area contributed by atoms with Gasteiger partial charge in [0.05, 0.1) is 12.7 Å². The molecule has 0 saturated carbocycles. The Kier molecular flexibility index (Phi) is 6.94. The second kappa shape index (κ2) is 8.37. The van der Waals surface area contributed by atoms with Crippen molar-refractivity contribution in [2.45, 2.75) is 32.3 Å². The fourth-order valence-electron chi connectivity index (χ4n) is 1.61. The lowest BCUT2D eigenvalue weighted by Gasteiger charge is -2.16. The molecule has 1 atom stereocenters. The highest BCUT2D eigenvalue weighted by atomic mass is 16.5. The second-order valence-corrected chi connectivity index (χ2v) is 3.92. The van der Waals surface area contributed by atoms with E-state index in [1.165, 1.54) is 18.4 Å². The van der Waals surface area contributed by atoms with E-state index in [2.05, 4.69) is 19.1 Å². The second-order valence-electron chi connectivity index (χ2n) is 3.92. The Morgan fingerprint density at radius 3 is 2.56 bits per heavy atom. The Hall–Kier alpha value is -0.795. The lowest BCUT2D eigenvalue weighted by Crippen LogP contribution is -2.11. The molecule has 0 saturated heterocycles. The zero-order valence-corrected chi connectivity index (χ0v) is 10.3. The third-order valence-electron chi connectivity index (χ3n) is 2.62. The lowest BCUT2D eigenvalue weighted by molar-refractivity contribution is 0.0521. The van der Waals surface area contributed by atoms with Gasteiger partial charge in [-0.3, -0.25) is 0 Å². The van der Waals surface area contributed by atoms with Gasteiger partial charge >= 0.3 is 0 Å². The summed E-state index contributed by atoms with van der Waals surface area (Å²) in [6, 6.07) is 10.2. The van der Waals surface area contributed by atoms with Crippen molar-refractivity contribution in [2.24, 2.45) is 0 Å². The molecular weight excluding hydrogens is 199 g/mol. The van der Waals surface area contributed by atoms with Crippen molar-refractivity contribution in [3.63, 3.8) is 0 Å². The summed E-state index contributed by atoms with van der Waals surface area (Å²) in [7, 11) is 1.73. The van der Waals surface area contributed by atoms with Crippen LogP contribution in [0.3, 0.4) is 0 Å². The molecule has 0 bridgehead atoms. The number of ether oxygens (including phenoxy) is 1. The van der Waals surface area contributed by atoms with Crippen LogP contribution in [0.25, 0.3) is 0 Å². The van der Waals surface area contributed by atoms with Crippen LogP contribution in [0.1, 0.15) is 37.9 Å². The molecule has 1 unspecified atom stereocenters. The van der Waals surface area contributed by atoms with E-state index in [-0.39, 0.29) is 6.10 Å². The molecule has 16 heavy (non-hydrogen) atoms. The summed E-state index contributed by atoms with van der Waals surface area (Å²) in [5.74, 6) is 0. The summed E-state index contributed by atoms with van der Waals surface area (Å²) < 4.78 is 11.0. The zero-order valence-electron chi connectivity index (χ0n) is 10.3. The normalized spacial score (nSPS) is 12.6. The first-order valence-electron chi connectivity index (χ1n) is 6.04. The zero-order chi connectivity index (χ0) is 11.6. The van der Waals surface area contributed by atoms with Crippen LogP contribution in [0.4, 0.5) is 0 Å². The maximum Gasteiger partial charge on any atom is 0.258 e. The molecule has 0 heterocycles. The summed E-state index contributed by atoms with van der Waals surface area (Å²) in [6.07, 6.45) is 3.67. The van der Waals surface area contributed by atoms with Crippen molar-refractivity contribution in [2.75, 3.05) is 13.2 Å². The van der Waals surface area contributed by atoms with Crippen molar-refractivity contribution in [3.8, 4) is 0 Å². The molecule has 0 amide bonds. The Morgan fingerprint density at radius 2 is 1.94 bits per heavy atom. The molecule has 0 radical (unpaired) electrons. The van der Waals surface area contributed by atoms with Crippen molar-refractivity contribution >= 4 is 8.05 Å². The van der Waals surface area contributed by atoms with Crippen LogP contribution in [-0.4, -0.2) is 21.3 Å². The molecule has 0 aromatic heterocycles. The van der Waals surface area contributed by atoms with E-state index < -0.39 is 0 Å². The topological polar surface area (TPSA) is 18.5 Å². The summed E-state index contributed by atoms with van der Waals surface area (Å²) in [5, 5.41) is 0. The van der Waals surface area contributed by atoms with E-state index in [0.717, 1.165) is 13.0 Å². The lowest BCUT2D eigenvalue weighted by atomic mass is 10.1. The molecule has 0 N–H and O–H groups in total. The van der Waals surface area contributed by atoms with Crippen molar-refractivity contribution < 1.29 is 9.39 Å². The molecule has 1 rings (SSSR count). The molecule has 3 heteroatoms. The highest BCUT2D eigenvalue weighted by Crippen LogP contribution is 2.16. The Balaban J connectivity index is 2.27. The van der Waals surface area contributed by atoms with Gasteiger partial charge < -0.3 is 9.39 Å². The summed E-state index contributed by atoms with van der Waals surface area (Å²) in [6.45, 7) is 3.67. The fraction of sp³-hybridized carbons (Fsp3) is 0.538. The molecule has 2 nitrogen and oxygen atoms in total. The largest absolute Gasteiger partial charge is 0.435 e. The predicted molar refractivity (Wildman–Crippen MR) is 69.2 cm³/mol. The van der Waals surface area contributed by atoms with Gasteiger partial charge in [-0.1, -0.05) is 50.1 Å². The van der Waals surface area contributed by atoms with Crippen molar-refractivity contribution in [3.05, 3.63) is 35.9 Å². The van der Waals surface area contributed by atoms with Crippen LogP contribution >= 0.6 is 0 Å². The van der Waals surface area contributed by atoms with Gasteiger partial charge in [-0.05, 0) is 12.0 Å². The maximum absolute atomic E-state index is 5.62. The minimum atomic E-state index is 0.0582. The van der Waals surface area contributed by atoms with E-state index >= 15 is 0 Å². The van der Waals surface area contributed by atoms with E-state index in [9.17, 15) is 0 Å². The van der Waals surface area contributed by atoms with Crippen molar-refractivity contribution in [1.82, 2.24) is 0 Å². The molecule has 0 fully saturated rings. The first-order valence-corrected chi connectivity index (χ1v) is 6.04. The Morgan fingerprint density at radius 1 is 1.19 bits per heavy atom. The van der Waals surface area contributed by atoms with Crippen LogP contribution in [-0.2, 0) is 9.39 Å². The van der Waals surface area contributed by atoms with Crippen LogP contribution in [0.5, 0.6) is 0 Å². The van der Waals surface area contributed by atoms with Crippen LogP contribution in [0.15, 0.2) is 30.3 Å². The van der Waals surface area contributed by atoms with E-state index in [4.69, 9.17) is 9.39 Å². The van der Waals surface area contributed by atoms with E-state index in [1.54, 1.807) is 8.05 Å². The van der Waals surface area contributed by atoms with Gasteiger partial charge in [-0.15, -0.1) is 0 Å². The maximum atomic E-state index is 5.62. The molecule has 88 valence electrons. The first-order chi connectivity index (χ1) is 7.88. The fourth-order valence-corrected chi connectivity index (χ4v) is 1.61. The predicted octanol–water partition coefficient (Wildman–Crippen LogP) is 2.50. The number of benzene rings is 1. The van der Waals surface area contributed by atoms with Crippen LogP contribution in [0, 0.1) is 0 Å². The van der Waals surface area contributed by atoms with Gasteiger partial charge in [0.1, 0.15) is 0 Å². The number of hydrogen-bond acceptors (Lipinski definition) is 2. The van der Waals surface area contributed by atoms with E-state index in [0.29, 0.717) is 6.61 Å². The standard InChI is InChI=1S/C13H21BO2/c1-2-3-7-10-15-11-13(16-14)12-8-5-4-6-9-12/h4-6,8-9,13H,2-3,7,10-11,14H2,1H3. The number of rotatable bonds is 8. The molecule has 1 aromatic rings. The molecule has 1 aromatic carbocycles. The molecule has 0 aliphatic carbocycles. The number of hydrogen-bond donors (Lipinski definition) is 0. The Labute approximate surface area is 99.4 Å². The van der Waals surface area contributed by atoms with Gasteiger partial charge in [-0.25, -0.2) is 0 Å². The third kappa shape index (κ3) is 4.82. The Bertz CT molecular complexity index is 264. The quantitative estimate of drug-likeness (QED) is 0.495. The molecule has 0 aliphatic heterocycles. The van der Waals surface area contributed by atoms with Gasteiger partial charge in [0.2, 0.25) is 0 Å². The van der Waals surface area contributed by atoms with Gasteiger partial charge in [-0.2, -0.15) is 0 Å². The monoisotopic (exact) mass is 220 g/mol. The molecule has 0 spiro atoms. The van der Waals surface area contributed by atoms with Crippen molar-refractivity contribution in [1.29, 1.82) is 0 Å². The summed E-state index contributed by atoms with van der Waals surface area (Å²) in [5.41, 5.74) is 1.18. The molecular formula is C13H21BO2. The third-order valence-corrected chi connectivity index (χ3v) is 2.62. The van der Waals surface area contributed by atoms with Gasteiger partial charge in [0.25, 0.3) is 8.05 Å². The number of unbranched alkanes of at least 4 members (excludes halogenated alkanes) is 2. The molecule has 0 aliphatic rings. The van der Waals surface area contributed by atoms with Gasteiger partial charge in [0, 0.05) is 6.61 Å².